The highest BCUT2D eigenvalue weighted by molar-refractivity contribution is 7.90. The van der Waals surface area contributed by atoms with Crippen molar-refractivity contribution in [2.75, 3.05) is 25.0 Å². The Bertz CT molecular complexity index is 1670. The largest absolute Gasteiger partial charge is 0.476 e. The highest BCUT2D eigenvalue weighted by atomic mass is 35.5. The van der Waals surface area contributed by atoms with E-state index in [1.165, 1.54) is 33.8 Å². The molecule has 4 rings (SSSR count). The molecule has 3 N–H and O–H groups in total. The number of rotatable bonds is 14. The quantitative estimate of drug-likeness (QED) is 0.141. The average Bonchev–Trinajstić information content (AvgIpc) is 3.58. The van der Waals surface area contributed by atoms with Gasteiger partial charge in [-0.2, -0.15) is 8.42 Å². The van der Waals surface area contributed by atoms with Crippen LogP contribution in [-0.4, -0.2) is 75.4 Å². The molecule has 0 aliphatic carbocycles. The topological polar surface area (TPSA) is 169 Å². The molecule has 3 aromatic rings. The van der Waals surface area contributed by atoms with Crippen molar-refractivity contribution in [2.24, 2.45) is 23.7 Å². The summed E-state index contributed by atoms with van der Waals surface area (Å²) in [4.78, 5) is 34.3. The highest BCUT2D eigenvalue weighted by Gasteiger charge is 2.40. The number of halogens is 1. The fourth-order valence-electron chi connectivity index (χ4n) is 5.99. The van der Waals surface area contributed by atoms with E-state index >= 15 is 0 Å². The number of nitrogens with zero attached hydrogens (tertiary/aromatic N) is 5. The maximum absolute atomic E-state index is 13.0. The van der Waals surface area contributed by atoms with Crippen LogP contribution in [-0.2, 0) is 10.0 Å². The minimum atomic E-state index is -4.33. The Hall–Kier alpha value is -3.91. The molecular formula is C32H44ClN7O6S. The normalized spacial score (nSPS) is 16.2. The molecule has 13 nitrogen and oxygen atoms in total. The van der Waals surface area contributed by atoms with Crippen LogP contribution in [0.5, 0.6) is 5.88 Å². The van der Waals surface area contributed by atoms with Crippen LogP contribution >= 0.6 is 11.6 Å². The molecule has 1 aliphatic heterocycles. The standard InChI is InChI=1S/C32H44ClN7O6S/c1-20(2)24(21(3)4)19-46-27-14-16-40(37-27)26-13-12-23(29(33)36-26)30(41)38-47(44,45)28-11-7-10-25(35-28)34-15-8-9-22-17-32(5,6)39(18-22)31(42)43/h7,10-14,16,20-22,24H,8-9,15,17-19H2,1-6H3,(H,34,35)(H,38,41)(H,42,43)/t22-/m0/s1. The molecule has 1 saturated heterocycles. The summed E-state index contributed by atoms with van der Waals surface area (Å²) in [5.41, 5.74) is -0.532. The van der Waals surface area contributed by atoms with Gasteiger partial charge >= 0.3 is 6.09 Å². The summed E-state index contributed by atoms with van der Waals surface area (Å²) < 4.78 is 35.5. The Morgan fingerprint density at radius 1 is 1.11 bits per heavy atom. The second-order valence-electron chi connectivity index (χ2n) is 13.2. The third-order valence-corrected chi connectivity index (χ3v) is 10.0. The number of sulfonamides is 1. The Morgan fingerprint density at radius 3 is 2.47 bits per heavy atom. The van der Waals surface area contributed by atoms with E-state index in [-0.39, 0.29) is 21.7 Å². The molecule has 0 spiro atoms. The lowest BCUT2D eigenvalue weighted by atomic mass is 9.86. The number of nitrogens with one attached hydrogen (secondary N) is 2. The molecule has 1 aliphatic rings. The summed E-state index contributed by atoms with van der Waals surface area (Å²) in [5.74, 6) is 1.65. The van der Waals surface area contributed by atoms with E-state index in [1.807, 2.05) is 18.6 Å². The van der Waals surface area contributed by atoms with Crippen molar-refractivity contribution >= 4 is 39.4 Å². The van der Waals surface area contributed by atoms with Gasteiger partial charge in [0.2, 0.25) is 5.88 Å². The molecule has 1 atom stereocenters. The number of carbonyl (C=O) groups is 2. The summed E-state index contributed by atoms with van der Waals surface area (Å²) in [5, 5.41) is 16.4. The zero-order chi connectivity index (χ0) is 34.5. The number of hydrogen-bond donors (Lipinski definition) is 3. The summed E-state index contributed by atoms with van der Waals surface area (Å²) in [6.07, 6.45) is 3.09. The summed E-state index contributed by atoms with van der Waals surface area (Å²) >= 11 is 6.31. The van der Waals surface area contributed by atoms with Crippen LogP contribution < -0.4 is 14.8 Å². The number of aromatic nitrogens is 4. The van der Waals surface area contributed by atoms with Gasteiger partial charge in [0.15, 0.2) is 10.8 Å². The molecule has 0 bridgehead atoms. The third kappa shape index (κ3) is 9.13. The van der Waals surface area contributed by atoms with Crippen LogP contribution in [0, 0.1) is 23.7 Å². The van der Waals surface area contributed by atoms with Gasteiger partial charge in [0, 0.05) is 30.9 Å². The fraction of sp³-hybridized carbons (Fsp3) is 0.531. The van der Waals surface area contributed by atoms with Crippen LogP contribution in [0.25, 0.3) is 5.82 Å². The van der Waals surface area contributed by atoms with E-state index < -0.39 is 27.6 Å². The first kappa shape index (κ1) is 35.9. The highest BCUT2D eigenvalue weighted by Crippen LogP contribution is 2.35. The van der Waals surface area contributed by atoms with Gasteiger partial charge in [0.25, 0.3) is 15.9 Å². The number of amides is 2. The maximum Gasteiger partial charge on any atom is 0.407 e. The molecule has 0 radical (unpaired) electrons. The molecule has 256 valence electrons. The molecular weight excluding hydrogens is 646 g/mol. The number of anilines is 1. The van der Waals surface area contributed by atoms with Crippen molar-refractivity contribution in [1.82, 2.24) is 29.4 Å². The predicted octanol–water partition coefficient (Wildman–Crippen LogP) is 5.71. The van der Waals surface area contributed by atoms with E-state index in [9.17, 15) is 23.1 Å². The molecule has 3 aromatic heterocycles. The molecule has 0 unspecified atom stereocenters. The minimum absolute atomic E-state index is 0.134. The van der Waals surface area contributed by atoms with Gasteiger partial charge in [0.1, 0.15) is 11.0 Å². The molecule has 4 heterocycles. The summed E-state index contributed by atoms with van der Waals surface area (Å²) in [6.45, 7) is 14.0. The van der Waals surface area contributed by atoms with Crippen molar-refractivity contribution in [3.05, 3.63) is 53.3 Å². The monoisotopic (exact) mass is 689 g/mol. The van der Waals surface area contributed by atoms with Gasteiger partial charge < -0.3 is 20.1 Å². The second kappa shape index (κ2) is 14.9. The number of pyridine rings is 2. The van der Waals surface area contributed by atoms with Crippen LogP contribution in [0.3, 0.4) is 0 Å². The summed E-state index contributed by atoms with van der Waals surface area (Å²) in [7, 11) is -4.33. The number of ether oxygens (including phenoxy) is 1. The maximum atomic E-state index is 13.0. The molecule has 1 fully saturated rings. The van der Waals surface area contributed by atoms with Gasteiger partial charge in [-0.25, -0.2) is 24.2 Å². The first-order valence-corrected chi connectivity index (χ1v) is 17.6. The number of carboxylic acid groups (broad SMARTS) is 1. The van der Waals surface area contributed by atoms with Crippen LogP contribution in [0.2, 0.25) is 5.15 Å². The van der Waals surface area contributed by atoms with Crippen molar-refractivity contribution < 1.29 is 27.9 Å². The van der Waals surface area contributed by atoms with E-state index in [4.69, 9.17) is 16.3 Å². The van der Waals surface area contributed by atoms with E-state index in [1.54, 1.807) is 18.3 Å². The van der Waals surface area contributed by atoms with Crippen LogP contribution in [0.1, 0.15) is 71.2 Å². The Morgan fingerprint density at radius 2 is 1.83 bits per heavy atom. The minimum Gasteiger partial charge on any atom is -0.476 e. The Kier molecular flexibility index (Phi) is 11.4. The zero-order valence-corrected chi connectivity index (χ0v) is 29.2. The van der Waals surface area contributed by atoms with Crippen molar-refractivity contribution in [2.45, 2.75) is 71.4 Å². The fourth-order valence-corrected chi connectivity index (χ4v) is 7.16. The van der Waals surface area contributed by atoms with E-state index in [2.05, 4.69) is 48.1 Å². The first-order chi connectivity index (χ1) is 22.1. The number of hydrogen-bond acceptors (Lipinski definition) is 9. The van der Waals surface area contributed by atoms with Crippen LogP contribution in [0.4, 0.5) is 10.6 Å². The SMILES string of the molecule is CC(C)C(COc1ccn(-c2ccc(C(=O)NS(=O)(=O)c3cccc(NCCC[C@@H]4CN(C(=O)O)C(C)(C)C4)n3)c(Cl)n2)n1)C(C)C. The Labute approximate surface area is 281 Å². The lowest BCUT2D eigenvalue weighted by Crippen LogP contribution is -2.41. The molecule has 15 heteroatoms. The average molecular weight is 690 g/mol. The molecule has 2 amide bonds. The van der Waals surface area contributed by atoms with Gasteiger partial charge in [-0.1, -0.05) is 45.4 Å². The first-order valence-electron chi connectivity index (χ1n) is 15.7. The third-order valence-electron chi connectivity index (χ3n) is 8.53. The number of carbonyl (C=O) groups excluding carboxylic acids is 1. The van der Waals surface area contributed by atoms with Crippen molar-refractivity contribution in [3.63, 3.8) is 0 Å². The smallest absolute Gasteiger partial charge is 0.407 e. The van der Waals surface area contributed by atoms with Gasteiger partial charge in [-0.05, 0) is 81.0 Å². The van der Waals surface area contributed by atoms with Gasteiger partial charge in [-0.15, -0.1) is 5.10 Å². The Balaban J connectivity index is 1.32. The van der Waals surface area contributed by atoms with Crippen LogP contribution in [0.15, 0.2) is 47.6 Å². The molecule has 0 aromatic carbocycles. The number of likely N-dealkylation sites (tertiary alicyclic amines) is 1. The van der Waals surface area contributed by atoms with Gasteiger partial charge in [0.05, 0.1) is 12.2 Å². The second-order valence-corrected chi connectivity index (χ2v) is 15.2. The van der Waals surface area contributed by atoms with E-state index in [0.717, 1.165) is 19.3 Å². The van der Waals surface area contributed by atoms with Crippen molar-refractivity contribution in [1.29, 1.82) is 0 Å². The molecule has 0 saturated carbocycles. The lowest BCUT2D eigenvalue weighted by molar-refractivity contribution is 0.0980. The zero-order valence-electron chi connectivity index (χ0n) is 27.6. The lowest BCUT2D eigenvalue weighted by Gasteiger charge is -2.28. The molecule has 47 heavy (non-hydrogen) atoms. The predicted molar refractivity (Wildman–Crippen MR) is 179 cm³/mol. The van der Waals surface area contributed by atoms with Crippen molar-refractivity contribution in [3.8, 4) is 11.7 Å². The van der Waals surface area contributed by atoms with E-state index in [0.29, 0.717) is 55.0 Å². The summed E-state index contributed by atoms with van der Waals surface area (Å²) in [6, 6.07) is 9.02. The van der Waals surface area contributed by atoms with Gasteiger partial charge in [-0.3, -0.25) is 4.79 Å².